The number of rotatable bonds is 5. The second-order valence-corrected chi connectivity index (χ2v) is 5.15. The fourth-order valence-electron chi connectivity index (χ4n) is 2.02. The Hall–Kier alpha value is -1.98. The SMILES string of the molecule is CN(Cc1ccco1)C(=O)NC(C)(C(=O)O)C1CC1. The molecule has 0 aromatic carbocycles. The van der Waals surface area contributed by atoms with E-state index in [9.17, 15) is 14.7 Å². The summed E-state index contributed by atoms with van der Waals surface area (Å²) in [6.45, 7) is 1.87. The van der Waals surface area contributed by atoms with Crippen LogP contribution in [0.1, 0.15) is 25.5 Å². The van der Waals surface area contributed by atoms with Gasteiger partial charge in [-0.15, -0.1) is 0 Å². The van der Waals surface area contributed by atoms with E-state index in [1.165, 1.54) is 11.2 Å². The second kappa shape index (κ2) is 4.95. The number of aliphatic carboxylic acids is 1. The first-order valence-corrected chi connectivity index (χ1v) is 6.22. The van der Waals surface area contributed by atoms with E-state index in [0.717, 1.165) is 12.8 Å². The van der Waals surface area contributed by atoms with Gasteiger partial charge < -0.3 is 19.7 Å². The number of carboxylic acid groups (broad SMARTS) is 1. The van der Waals surface area contributed by atoms with E-state index in [0.29, 0.717) is 12.3 Å². The number of carboxylic acids is 1. The molecular weight excluding hydrogens is 248 g/mol. The van der Waals surface area contributed by atoms with Gasteiger partial charge in [0.05, 0.1) is 12.8 Å². The molecule has 0 radical (unpaired) electrons. The third-order valence-electron chi connectivity index (χ3n) is 3.52. The number of carbonyl (C=O) groups excluding carboxylic acids is 1. The number of hydrogen-bond acceptors (Lipinski definition) is 3. The molecule has 0 bridgehead atoms. The van der Waals surface area contributed by atoms with E-state index < -0.39 is 17.5 Å². The molecule has 0 aliphatic heterocycles. The number of hydrogen-bond donors (Lipinski definition) is 2. The number of carbonyl (C=O) groups is 2. The lowest BCUT2D eigenvalue weighted by atomic mass is 9.96. The maximum absolute atomic E-state index is 12.0. The third-order valence-corrected chi connectivity index (χ3v) is 3.52. The van der Waals surface area contributed by atoms with E-state index in [1.807, 2.05) is 0 Å². The normalized spacial score (nSPS) is 17.6. The summed E-state index contributed by atoms with van der Waals surface area (Å²) in [5.41, 5.74) is -1.19. The van der Waals surface area contributed by atoms with Crippen LogP contribution in [0, 0.1) is 5.92 Å². The van der Waals surface area contributed by atoms with Crippen molar-refractivity contribution < 1.29 is 19.1 Å². The quantitative estimate of drug-likeness (QED) is 0.849. The molecule has 2 amide bonds. The van der Waals surface area contributed by atoms with Gasteiger partial charge in [0.1, 0.15) is 11.3 Å². The Labute approximate surface area is 111 Å². The largest absolute Gasteiger partial charge is 0.480 e. The van der Waals surface area contributed by atoms with Gasteiger partial charge in [-0.05, 0) is 37.8 Å². The molecule has 2 rings (SSSR count). The average molecular weight is 266 g/mol. The second-order valence-electron chi connectivity index (χ2n) is 5.15. The first kappa shape index (κ1) is 13.5. The highest BCUT2D eigenvalue weighted by Crippen LogP contribution is 2.39. The van der Waals surface area contributed by atoms with Crippen molar-refractivity contribution in [1.82, 2.24) is 10.2 Å². The van der Waals surface area contributed by atoms with Gasteiger partial charge >= 0.3 is 12.0 Å². The number of nitrogens with zero attached hydrogens (tertiary/aromatic N) is 1. The standard InChI is InChI=1S/C13H18N2O4/c1-13(11(16)17,9-5-6-9)14-12(18)15(2)8-10-4-3-7-19-10/h3-4,7,9H,5-6,8H2,1-2H3,(H,14,18)(H,16,17). The Morgan fingerprint density at radius 3 is 2.74 bits per heavy atom. The average Bonchev–Trinajstić information content (AvgIpc) is 3.09. The van der Waals surface area contributed by atoms with Crippen molar-refractivity contribution in [1.29, 1.82) is 0 Å². The molecule has 1 aliphatic rings. The molecule has 1 aromatic rings. The molecule has 1 atom stereocenters. The van der Waals surface area contributed by atoms with Crippen LogP contribution in [0.3, 0.4) is 0 Å². The van der Waals surface area contributed by atoms with Crippen LogP contribution in [0.5, 0.6) is 0 Å². The third kappa shape index (κ3) is 2.89. The predicted octanol–water partition coefficient (Wildman–Crippen LogP) is 1.67. The molecule has 1 saturated carbocycles. The smallest absolute Gasteiger partial charge is 0.329 e. The van der Waals surface area contributed by atoms with Crippen molar-refractivity contribution in [2.75, 3.05) is 7.05 Å². The molecule has 104 valence electrons. The summed E-state index contributed by atoms with van der Waals surface area (Å²) in [5, 5.41) is 11.9. The molecule has 6 heteroatoms. The van der Waals surface area contributed by atoms with Crippen molar-refractivity contribution in [2.45, 2.75) is 31.8 Å². The first-order chi connectivity index (χ1) is 8.93. The lowest BCUT2D eigenvalue weighted by molar-refractivity contribution is -0.144. The van der Waals surface area contributed by atoms with Gasteiger partial charge in [0.15, 0.2) is 0 Å². The fourth-order valence-corrected chi connectivity index (χ4v) is 2.02. The maximum atomic E-state index is 12.0. The number of amides is 2. The van der Waals surface area contributed by atoms with Crippen molar-refractivity contribution in [2.24, 2.45) is 5.92 Å². The molecule has 2 N–H and O–H groups in total. The number of furan rings is 1. The monoisotopic (exact) mass is 266 g/mol. The maximum Gasteiger partial charge on any atom is 0.329 e. The fraction of sp³-hybridized carbons (Fsp3) is 0.538. The Balaban J connectivity index is 1.97. The van der Waals surface area contributed by atoms with Gasteiger partial charge in [-0.2, -0.15) is 0 Å². The minimum atomic E-state index is -1.19. The Morgan fingerprint density at radius 1 is 1.58 bits per heavy atom. The Bertz CT molecular complexity index is 467. The Kier molecular flexibility index (Phi) is 3.50. The topological polar surface area (TPSA) is 82.8 Å². The summed E-state index contributed by atoms with van der Waals surface area (Å²) in [4.78, 5) is 24.8. The lowest BCUT2D eigenvalue weighted by Crippen LogP contribution is -2.56. The van der Waals surface area contributed by atoms with Crippen LogP contribution in [-0.2, 0) is 11.3 Å². The zero-order valence-electron chi connectivity index (χ0n) is 11.0. The van der Waals surface area contributed by atoms with Crippen LogP contribution in [0.25, 0.3) is 0 Å². The minimum Gasteiger partial charge on any atom is -0.480 e. The summed E-state index contributed by atoms with van der Waals surface area (Å²) in [5.74, 6) is -0.318. The number of urea groups is 1. The summed E-state index contributed by atoms with van der Waals surface area (Å²) in [6, 6.07) is 3.10. The van der Waals surface area contributed by atoms with Crippen molar-refractivity contribution >= 4 is 12.0 Å². The van der Waals surface area contributed by atoms with Gasteiger partial charge in [0.25, 0.3) is 0 Å². The minimum absolute atomic E-state index is 0.0194. The van der Waals surface area contributed by atoms with Crippen molar-refractivity contribution in [3.05, 3.63) is 24.2 Å². The molecule has 1 fully saturated rings. The van der Waals surface area contributed by atoms with Crippen LogP contribution < -0.4 is 5.32 Å². The van der Waals surface area contributed by atoms with Gasteiger partial charge in [0.2, 0.25) is 0 Å². The highest BCUT2D eigenvalue weighted by atomic mass is 16.4. The van der Waals surface area contributed by atoms with Gasteiger partial charge in [0, 0.05) is 7.05 Å². The number of nitrogens with one attached hydrogen (secondary N) is 1. The summed E-state index contributed by atoms with van der Waals surface area (Å²) in [6.07, 6.45) is 3.21. The molecular formula is C13H18N2O4. The molecule has 6 nitrogen and oxygen atoms in total. The molecule has 1 aliphatic carbocycles. The molecule has 0 spiro atoms. The predicted molar refractivity (Wildman–Crippen MR) is 67.5 cm³/mol. The zero-order valence-corrected chi connectivity index (χ0v) is 11.0. The highest BCUT2D eigenvalue weighted by Gasteiger charge is 2.48. The van der Waals surface area contributed by atoms with Crippen molar-refractivity contribution in [3.8, 4) is 0 Å². The van der Waals surface area contributed by atoms with E-state index in [2.05, 4.69) is 5.32 Å². The summed E-state index contributed by atoms with van der Waals surface area (Å²) in [7, 11) is 1.60. The molecule has 1 aromatic heterocycles. The first-order valence-electron chi connectivity index (χ1n) is 6.22. The van der Waals surface area contributed by atoms with Gasteiger partial charge in [-0.3, -0.25) is 0 Å². The van der Waals surface area contributed by atoms with Gasteiger partial charge in [-0.25, -0.2) is 9.59 Å². The van der Waals surface area contributed by atoms with Crippen LogP contribution >= 0.6 is 0 Å². The van der Waals surface area contributed by atoms with E-state index >= 15 is 0 Å². The van der Waals surface area contributed by atoms with Gasteiger partial charge in [-0.1, -0.05) is 0 Å². The zero-order chi connectivity index (χ0) is 14.0. The molecule has 1 unspecified atom stereocenters. The molecule has 0 saturated heterocycles. The van der Waals surface area contributed by atoms with E-state index in [-0.39, 0.29) is 5.92 Å². The lowest BCUT2D eigenvalue weighted by Gasteiger charge is -2.28. The molecule has 1 heterocycles. The van der Waals surface area contributed by atoms with Crippen LogP contribution in [-0.4, -0.2) is 34.6 Å². The molecule has 19 heavy (non-hydrogen) atoms. The summed E-state index contributed by atoms with van der Waals surface area (Å²) < 4.78 is 5.15. The van der Waals surface area contributed by atoms with E-state index in [4.69, 9.17) is 4.42 Å². The summed E-state index contributed by atoms with van der Waals surface area (Å²) >= 11 is 0. The highest BCUT2D eigenvalue weighted by molar-refractivity contribution is 5.86. The van der Waals surface area contributed by atoms with Crippen LogP contribution in [0.4, 0.5) is 4.79 Å². The van der Waals surface area contributed by atoms with Crippen LogP contribution in [0.15, 0.2) is 22.8 Å². The van der Waals surface area contributed by atoms with Crippen LogP contribution in [0.2, 0.25) is 0 Å². The van der Waals surface area contributed by atoms with Crippen molar-refractivity contribution in [3.63, 3.8) is 0 Å². The van der Waals surface area contributed by atoms with E-state index in [1.54, 1.807) is 26.1 Å². The Morgan fingerprint density at radius 2 is 2.26 bits per heavy atom.